The van der Waals surface area contributed by atoms with Gasteiger partial charge in [-0.1, -0.05) is 0 Å². The van der Waals surface area contributed by atoms with Crippen molar-refractivity contribution in [1.82, 2.24) is 25.1 Å². The van der Waals surface area contributed by atoms with Gasteiger partial charge < -0.3 is 0 Å². The molecule has 7 nitrogen and oxygen atoms in total. The molecular formula is C12H11N5O2S. The van der Waals surface area contributed by atoms with Gasteiger partial charge in [0, 0.05) is 24.4 Å². The van der Waals surface area contributed by atoms with Crippen molar-refractivity contribution < 1.29 is 9.59 Å². The molecule has 0 bridgehead atoms. The molecular weight excluding hydrogens is 278 g/mol. The van der Waals surface area contributed by atoms with Crippen LogP contribution in [0.1, 0.15) is 18.9 Å². The Morgan fingerprint density at radius 1 is 1.30 bits per heavy atom. The summed E-state index contributed by atoms with van der Waals surface area (Å²) in [6.45, 7) is 0. The number of hydrogen-bond donors (Lipinski definition) is 2. The Labute approximate surface area is 119 Å². The fourth-order valence-corrected chi connectivity index (χ4v) is 2.49. The van der Waals surface area contributed by atoms with E-state index in [9.17, 15) is 9.59 Å². The molecule has 1 saturated heterocycles. The van der Waals surface area contributed by atoms with Gasteiger partial charge in [-0.2, -0.15) is 5.10 Å². The highest BCUT2D eigenvalue weighted by Gasteiger charge is 2.30. The number of imide groups is 1. The molecule has 1 fully saturated rings. The number of amides is 2. The second kappa shape index (κ2) is 4.97. The van der Waals surface area contributed by atoms with Crippen LogP contribution in [0.5, 0.6) is 0 Å². The minimum atomic E-state index is -0.526. The first-order chi connectivity index (χ1) is 9.66. The number of carbonyl (C=O) groups is 2. The summed E-state index contributed by atoms with van der Waals surface area (Å²) in [5.74, 6) is -0.0484. The predicted molar refractivity (Wildman–Crippen MR) is 72.1 cm³/mol. The zero-order valence-electron chi connectivity index (χ0n) is 10.4. The summed E-state index contributed by atoms with van der Waals surface area (Å²) in [6.07, 6.45) is 3.99. The van der Waals surface area contributed by atoms with Crippen LogP contribution in [-0.4, -0.2) is 31.6 Å². The number of nitrogens with one attached hydrogen (secondary N) is 2. The zero-order chi connectivity index (χ0) is 14.1. The number of pyridine rings is 1. The molecule has 3 heterocycles. The van der Waals surface area contributed by atoms with Crippen molar-refractivity contribution in [2.45, 2.75) is 18.9 Å². The topological polar surface area (TPSA) is 92.7 Å². The molecule has 3 rings (SSSR count). The molecule has 0 spiro atoms. The lowest BCUT2D eigenvalue weighted by Gasteiger charge is -2.22. The van der Waals surface area contributed by atoms with E-state index in [0.29, 0.717) is 23.4 Å². The van der Waals surface area contributed by atoms with Crippen LogP contribution in [0.3, 0.4) is 0 Å². The summed E-state index contributed by atoms with van der Waals surface area (Å²) in [6, 6.07) is 3.04. The van der Waals surface area contributed by atoms with Gasteiger partial charge in [0.05, 0.1) is 0 Å². The number of piperidine rings is 1. The van der Waals surface area contributed by atoms with Crippen LogP contribution in [0.4, 0.5) is 0 Å². The van der Waals surface area contributed by atoms with Gasteiger partial charge in [0.15, 0.2) is 10.6 Å². The lowest BCUT2D eigenvalue weighted by atomic mass is 10.1. The number of aromatic amines is 1. The van der Waals surface area contributed by atoms with Gasteiger partial charge in [-0.25, -0.2) is 0 Å². The molecule has 0 aromatic carbocycles. The van der Waals surface area contributed by atoms with E-state index in [-0.39, 0.29) is 11.8 Å². The van der Waals surface area contributed by atoms with Crippen molar-refractivity contribution >= 4 is 24.0 Å². The Bertz CT molecular complexity index is 721. The molecule has 20 heavy (non-hydrogen) atoms. The van der Waals surface area contributed by atoms with Crippen molar-refractivity contribution in [1.29, 1.82) is 0 Å². The maximum Gasteiger partial charge on any atom is 0.249 e. The van der Waals surface area contributed by atoms with Gasteiger partial charge in [0.1, 0.15) is 6.04 Å². The maximum absolute atomic E-state index is 12.0. The summed E-state index contributed by atoms with van der Waals surface area (Å²) < 4.78 is 2.00. The molecule has 1 atom stereocenters. The van der Waals surface area contributed by atoms with Gasteiger partial charge in [-0.15, -0.1) is 0 Å². The maximum atomic E-state index is 12.0. The number of H-pyrrole nitrogens is 1. The highest BCUT2D eigenvalue weighted by Crippen LogP contribution is 2.25. The molecule has 0 radical (unpaired) electrons. The molecule has 8 heteroatoms. The number of hydrogen-bond acceptors (Lipinski definition) is 5. The van der Waals surface area contributed by atoms with Crippen molar-refractivity contribution in [3.8, 4) is 11.4 Å². The first-order valence-electron chi connectivity index (χ1n) is 6.08. The molecule has 1 unspecified atom stereocenters. The predicted octanol–water partition coefficient (Wildman–Crippen LogP) is 0.980. The third kappa shape index (κ3) is 2.14. The van der Waals surface area contributed by atoms with E-state index in [0.717, 1.165) is 5.56 Å². The smallest absolute Gasteiger partial charge is 0.249 e. The lowest BCUT2D eigenvalue weighted by molar-refractivity contribution is -0.135. The monoisotopic (exact) mass is 289 g/mol. The van der Waals surface area contributed by atoms with E-state index < -0.39 is 6.04 Å². The number of carbonyl (C=O) groups excluding carboxylic acids is 2. The molecule has 1 aliphatic heterocycles. The second-order valence-corrected chi connectivity index (χ2v) is 4.81. The standard InChI is InChI=1S/C12H11N5O2S/c18-9-2-1-8(11(19)14-9)17-10(15-16-12(17)20)7-3-5-13-6-4-7/h3-6,8H,1-2H2,(H,16,20)(H,14,18,19). The molecule has 2 aromatic heterocycles. The second-order valence-electron chi connectivity index (χ2n) is 4.43. The van der Waals surface area contributed by atoms with Gasteiger partial charge in [0.2, 0.25) is 11.8 Å². The van der Waals surface area contributed by atoms with E-state index in [2.05, 4.69) is 20.5 Å². The Hall–Kier alpha value is -2.35. The minimum absolute atomic E-state index is 0.258. The van der Waals surface area contributed by atoms with Crippen LogP contribution in [-0.2, 0) is 9.59 Å². The third-order valence-electron chi connectivity index (χ3n) is 3.16. The molecule has 2 amide bonds. The molecule has 0 saturated carbocycles. The highest BCUT2D eigenvalue weighted by atomic mass is 32.1. The van der Waals surface area contributed by atoms with Gasteiger partial charge >= 0.3 is 0 Å². The molecule has 1 aliphatic rings. The van der Waals surface area contributed by atoms with Crippen LogP contribution in [0.2, 0.25) is 0 Å². The molecule has 2 N–H and O–H groups in total. The molecule has 0 aliphatic carbocycles. The number of rotatable bonds is 2. The van der Waals surface area contributed by atoms with Crippen LogP contribution in [0.15, 0.2) is 24.5 Å². The number of nitrogens with zero attached hydrogens (tertiary/aromatic N) is 3. The zero-order valence-corrected chi connectivity index (χ0v) is 11.2. The van der Waals surface area contributed by atoms with Crippen LogP contribution in [0.25, 0.3) is 11.4 Å². The van der Waals surface area contributed by atoms with Gasteiger partial charge in [-0.3, -0.25) is 29.6 Å². The summed E-state index contributed by atoms with van der Waals surface area (Å²) in [7, 11) is 0. The van der Waals surface area contributed by atoms with Crippen LogP contribution >= 0.6 is 12.2 Å². The van der Waals surface area contributed by atoms with E-state index in [1.165, 1.54) is 0 Å². The summed E-state index contributed by atoms with van der Waals surface area (Å²) >= 11 is 5.20. The largest absolute Gasteiger partial charge is 0.295 e. The van der Waals surface area contributed by atoms with E-state index >= 15 is 0 Å². The fourth-order valence-electron chi connectivity index (χ4n) is 2.23. The average Bonchev–Trinajstić information content (AvgIpc) is 2.82. The first kappa shape index (κ1) is 12.7. The fraction of sp³-hybridized carbons (Fsp3) is 0.250. The third-order valence-corrected chi connectivity index (χ3v) is 3.45. The van der Waals surface area contributed by atoms with E-state index in [1.807, 2.05) is 0 Å². The Morgan fingerprint density at radius 2 is 2.05 bits per heavy atom. The first-order valence-corrected chi connectivity index (χ1v) is 6.48. The van der Waals surface area contributed by atoms with Gasteiger partial charge in [0.25, 0.3) is 0 Å². The highest BCUT2D eigenvalue weighted by molar-refractivity contribution is 7.71. The SMILES string of the molecule is O=C1CCC(n2c(-c3ccncc3)n[nH]c2=S)C(=O)N1. The van der Waals surface area contributed by atoms with Crippen LogP contribution in [0, 0.1) is 4.77 Å². The normalized spacial score (nSPS) is 18.9. The van der Waals surface area contributed by atoms with Crippen molar-refractivity contribution in [3.63, 3.8) is 0 Å². The lowest BCUT2D eigenvalue weighted by Crippen LogP contribution is -2.41. The molecule has 2 aromatic rings. The van der Waals surface area contributed by atoms with Gasteiger partial charge in [-0.05, 0) is 30.8 Å². The van der Waals surface area contributed by atoms with E-state index in [4.69, 9.17) is 12.2 Å². The minimum Gasteiger partial charge on any atom is -0.295 e. The number of aromatic nitrogens is 4. The van der Waals surface area contributed by atoms with Crippen molar-refractivity contribution in [2.24, 2.45) is 0 Å². The Morgan fingerprint density at radius 3 is 2.75 bits per heavy atom. The summed E-state index contributed by atoms with van der Waals surface area (Å²) in [5, 5.41) is 9.19. The van der Waals surface area contributed by atoms with Crippen LogP contribution < -0.4 is 5.32 Å². The van der Waals surface area contributed by atoms with E-state index in [1.54, 1.807) is 29.1 Å². The average molecular weight is 289 g/mol. The van der Waals surface area contributed by atoms with Crippen molar-refractivity contribution in [3.05, 3.63) is 29.3 Å². The summed E-state index contributed by atoms with van der Waals surface area (Å²) in [5.41, 5.74) is 0.803. The molecule has 102 valence electrons. The Kier molecular flexibility index (Phi) is 3.15. The quantitative estimate of drug-likeness (QED) is 0.635. The Balaban J connectivity index is 2.06. The van der Waals surface area contributed by atoms with Crippen molar-refractivity contribution in [2.75, 3.05) is 0 Å². The summed E-state index contributed by atoms with van der Waals surface area (Å²) in [4.78, 5) is 27.2.